The van der Waals surface area contributed by atoms with Crippen molar-refractivity contribution in [2.45, 2.75) is 71.1 Å². The van der Waals surface area contributed by atoms with Gasteiger partial charge in [0.2, 0.25) is 0 Å². The molecule has 0 aliphatic carbocycles. The molecule has 0 unspecified atom stereocenters. The van der Waals surface area contributed by atoms with E-state index in [1.54, 1.807) is 0 Å². The van der Waals surface area contributed by atoms with Crippen molar-refractivity contribution in [2.75, 3.05) is 20.3 Å². The molecule has 3 N–H and O–H groups in total. The quantitative estimate of drug-likeness (QED) is 0.390. The number of hydrogen-bond acceptors (Lipinski definition) is 3. The summed E-state index contributed by atoms with van der Waals surface area (Å²) >= 11 is 0. The highest BCUT2D eigenvalue weighted by molar-refractivity contribution is 7.45. The highest BCUT2D eigenvalue weighted by Gasteiger charge is 2.06. The zero-order chi connectivity index (χ0) is 17.6. The summed E-state index contributed by atoms with van der Waals surface area (Å²) in [6.45, 7) is 4.60. The first-order valence-corrected chi connectivity index (χ1v) is 10.3. The van der Waals surface area contributed by atoms with Gasteiger partial charge < -0.3 is 24.5 Å². The molecule has 0 aromatic rings. The third kappa shape index (κ3) is 19.4. The van der Waals surface area contributed by atoms with Crippen molar-refractivity contribution in [3.8, 4) is 0 Å². The maximum absolute atomic E-state index is 8.88. The minimum absolute atomic E-state index is 1.08. The van der Waals surface area contributed by atoms with Crippen LogP contribution in [0.5, 0.6) is 0 Å². The number of hydrogen-bond donors (Lipinski definition) is 3. The molecule has 0 aromatic heterocycles. The summed E-state index contributed by atoms with van der Waals surface area (Å²) in [6, 6.07) is 0. The number of unbranched alkanes of at least 4 members (excludes halogenated alkanes) is 9. The van der Waals surface area contributed by atoms with Gasteiger partial charge in [0.15, 0.2) is 0 Å². The Balaban J connectivity index is 0.000000841. The van der Waals surface area contributed by atoms with Gasteiger partial charge in [-0.3, -0.25) is 0 Å². The van der Waals surface area contributed by atoms with Crippen LogP contribution in [0.3, 0.4) is 0 Å². The van der Waals surface area contributed by atoms with Crippen molar-refractivity contribution in [1.82, 2.24) is 9.80 Å². The Labute approximate surface area is 141 Å². The molecule has 1 rings (SSSR count). The van der Waals surface area contributed by atoms with Gasteiger partial charge in [-0.25, -0.2) is 4.57 Å². The lowest BCUT2D eigenvalue weighted by molar-refractivity contribution is 0.275. The van der Waals surface area contributed by atoms with Crippen LogP contribution in [-0.2, 0) is 4.57 Å². The Hall–Kier alpha value is -0.550. The van der Waals surface area contributed by atoms with Crippen LogP contribution in [0.1, 0.15) is 71.1 Å². The molecule has 23 heavy (non-hydrogen) atoms. The average Bonchev–Trinajstić information content (AvgIpc) is 2.85. The van der Waals surface area contributed by atoms with E-state index in [0.29, 0.717) is 0 Å². The second-order valence-electron chi connectivity index (χ2n) is 6.20. The Kier molecular flexibility index (Phi) is 13.5. The summed E-state index contributed by atoms with van der Waals surface area (Å²) in [5, 5.41) is 0. The largest absolute Gasteiger partial charge is 0.466 e. The molecule has 0 radical (unpaired) electrons. The molecule has 0 aromatic carbocycles. The van der Waals surface area contributed by atoms with Gasteiger partial charge in [0.25, 0.3) is 0 Å². The molecule has 7 heteroatoms. The minimum atomic E-state index is -4.64. The van der Waals surface area contributed by atoms with E-state index in [1.807, 2.05) is 0 Å². The van der Waals surface area contributed by atoms with Crippen LogP contribution in [0.25, 0.3) is 0 Å². The summed E-state index contributed by atoms with van der Waals surface area (Å²) < 4.78 is 8.88. The lowest BCUT2D eigenvalue weighted by Gasteiger charge is -2.17. The zero-order valence-electron chi connectivity index (χ0n) is 14.7. The van der Waals surface area contributed by atoms with Crippen LogP contribution in [0.4, 0.5) is 0 Å². The lowest BCUT2D eigenvalue weighted by Crippen LogP contribution is -2.23. The normalized spacial score (nSPS) is 14.1. The molecule has 1 heterocycles. The van der Waals surface area contributed by atoms with Crippen molar-refractivity contribution in [2.24, 2.45) is 0 Å². The average molecular weight is 350 g/mol. The fourth-order valence-electron chi connectivity index (χ4n) is 2.54. The zero-order valence-corrected chi connectivity index (χ0v) is 15.6. The van der Waals surface area contributed by atoms with Crippen LogP contribution in [0.15, 0.2) is 12.4 Å². The molecule has 0 spiro atoms. The van der Waals surface area contributed by atoms with Crippen molar-refractivity contribution >= 4 is 7.82 Å². The van der Waals surface area contributed by atoms with Gasteiger partial charge >= 0.3 is 7.82 Å². The molecule has 0 atom stereocenters. The van der Waals surface area contributed by atoms with Gasteiger partial charge in [-0.05, 0) is 6.42 Å². The highest BCUT2D eigenvalue weighted by atomic mass is 31.2. The molecule has 138 valence electrons. The molecule has 1 aliphatic rings. The van der Waals surface area contributed by atoms with Gasteiger partial charge in [-0.15, -0.1) is 0 Å². The molecule has 0 bridgehead atoms. The van der Waals surface area contributed by atoms with Gasteiger partial charge in [-0.1, -0.05) is 64.7 Å². The predicted molar refractivity (Wildman–Crippen MR) is 94.6 cm³/mol. The van der Waals surface area contributed by atoms with E-state index in [-0.39, 0.29) is 0 Å². The summed E-state index contributed by atoms with van der Waals surface area (Å²) in [5.74, 6) is 0. The standard InChI is InChI=1S/C16H32N2.H3O4P/c1-3-4-5-6-7-8-9-10-11-12-13-18-15-14-17(2)16-18;1-5(2,3)4/h14-15H,3-13,16H2,1-2H3;(H3,1,2,3,4). The van der Waals surface area contributed by atoms with E-state index in [0.717, 1.165) is 6.67 Å². The van der Waals surface area contributed by atoms with Gasteiger partial charge in [0.1, 0.15) is 0 Å². The lowest BCUT2D eigenvalue weighted by atomic mass is 10.1. The molecular formula is C16H35N2O4P. The topological polar surface area (TPSA) is 84.2 Å². The van der Waals surface area contributed by atoms with Crippen LogP contribution < -0.4 is 0 Å². The second-order valence-corrected chi connectivity index (χ2v) is 7.23. The van der Waals surface area contributed by atoms with E-state index < -0.39 is 7.82 Å². The maximum atomic E-state index is 8.88. The SMILES string of the molecule is CCCCCCCCCCCCN1C=CN(C)C1.O=P(O)(O)O. The Morgan fingerprint density at radius 3 is 1.70 bits per heavy atom. The molecule has 0 saturated heterocycles. The summed E-state index contributed by atoms with van der Waals surface area (Å²) in [7, 11) is -2.50. The second kappa shape index (κ2) is 13.8. The third-order valence-electron chi connectivity index (χ3n) is 3.74. The summed E-state index contributed by atoms with van der Waals surface area (Å²) in [6.07, 6.45) is 18.6. The Morgan fingerprint density at radius 1 is 0.870 bits per heavy atom. The first kappa shape index (κ1) is 22.4. The first-order valence-electron chi connectivity index (χ1n) is 8.74. The predicted octanol–water partition coefficient (Wildman–Crippen LogP) is 3.65. The smallest absolute Gasteiger partial charge is 0.362 e. The maximum Gasteiger partial charge on any atom is 0.466 e. The van der Waals surface area contributed by atoms with E-state index in [9.17, 15) is 0 Å². The summed E-state index contributed by atoms with van der Waals surface area (Å²) in [5.41, 5.74) is 0. The monoisotopic (exact) mass is 350 g/mol. The van der Waals surface area contributed by atoms with Crippen molar-refractivity contribution in [3.05, 3.63) is 12.4 Å². The molecule has 0 amide bonds. The fourth-order valence-corrected chi connectivity index (χ4v) is 2.54. The minimum Gasteiger partial charge on any atom is -0.362 e. The van der Waals surface area contributed by atoms with Crippen LogP contribution in [0.2, 0.25) is 0 Å². The van der Waals surface area contributed by atoms with Crippen LogP contribution >= 0.6 is 7.82 Å². The first-order chi connectivity index (χ1) is 10.8. The van der Waals surface area contributed by atoms with Gasteiger partial charge in [0.05, 0.1) is 6.67 Å². The van der Waals surface area contributed by atoms with Gasteiger partial charge in [0, 0.05) is 26.0 Å². The van der Waals surface area contributed by atoms with Crippen LogP contribution in [-0.4, -0.2) is 44.7 Å². The Bertz CT molecular complexity index is 339. The van der Waals surface area contributed by atoms with Crippen molar-refractivity contribution in [3.63, 3.8) is 0 Å². The molecular weight excluding hydrogens is 315 g/mol. The van der Waals surface area contributed by atoms with Gasteiger partial charge in [-0.2, -0.15) is 0 Å². The molecule has 0 saturated carbocycles. The molecule has 0 fully saturated rings. The number of nitrogens with zero attached hydrogens (tertiary/aromatic N) is 2. The van der Waals surface area contributed by atoms with E-state index >= 15 is 0 Å². The summed E-state index contributed by atoms with van der Waals surface area (Å²) in [4.78, 5) is 26.2. The van der Waals surface area contributed by atoms with E-state index in [2.05, 4.69) is 36.2 Å². The fraction of sp³-hybridized carbons (Fsp3) is 0.875. The molecule has 6 nitrogen and oxygen atoms in total. The van der Waals surface area contributed by atoms with Crippen molar-refractivity contribution in [1.29, 1.82) is 0 Å². The van der Waals surface area contributed by atoms with Crippen molar-refractivity contribution < 1.29 is 19.2 Å². The van der Waals surface area contributed by atoms with E-state index in [4.69, 9.17) is 19.2 Å². The Morgan fingerprint density at radius 2 is 1.30 bits per heavy atom. The number of rotatable bonds is 11. The third-order valence-corrected chi connectivity index (χ3v) is 3.74. The van der Waals surface area contributed by atoms with Crippen LogP contribution in [0, 0.1) is 0 Å². The molecule has 1 aliphatic heterocycles. The number of phosphoric acid groups is 1. The van der Waals surface area contributed by atoms with E-state index in [1.165, 1.54) is 70.8 Å². The highest BCUT2D eigenvalue weighted by Crippen LogP contribution is 2.25.